The molecular weight excluding hydrogens is 306 g/mol. The van der Waals surface area contributed by atoms with Gasteiger partial charge in [-0.1, -0.05) is 53.4 Å². The number of nitrogens with zero attached hydrogens (tertiary/aromatic N) is 4. The van der Waals surface area contributed by atoms with Crippen molar-refractivity contribution >= 4 is 28.2 Å². The molecule has 0 atom stereocenters. The molecule has 0 amide bonds. The lowest BCUT2D eigenvalue weighted by atomic mass is 10.2. The van der Waals surface area contributed by atoms with E-state index in [9.17, 15) is 0 Å². The van der Waals surface area contributed by atoms with Crippen molar-refractivity contribution in [3.05, 3.63) is 47.7 Å². The van der Waals surface area contributed by atoms with Crippen LogP contribution in [0, 0.1) is 6.92 Å². The zero-order valence-corrected chi connectivity index (χ0v) is 12.9. The standard InChI is InChI=1S/C13H13N5OS2/c1-9-15-16-11(19-9)8-20-13-18-17-12(21-13)14-7-10-5-3-2-4-6-10/h2-6H,7-8H2,1H3,(H,14,17). The summed E-state index contributed by atoms with van der Waals surface area (Å²) in [5.41, 5.74) is 1.21. The van der Waals surface area contributed by atoms with Gasteiger partial charge in [-0.2, -0.15) is 0 Å². The third-order valence-corrected chi connectivity index (χ3v) is 4.58. The predicted molar refractivity (Wildman–Crippen MR) is 82.3 cm³/mol. The van der Waals surface area contributed by atoms with E-state index < -0.39 is 0 Å². The molecule has 0 unspecified atom stereocenters. The van der Waals surface area contributed by atoms with Gasteiger partial charge in [-0.05, 0) is 5.56 Å². The van der Waals surface area contributed by atoms with Gasteiger partial charge in [0, 0.05) is 13.5 Å². The molecule has 6 nitrogen and oxygen atoms in total. The minimum atomic E-state index is 0.577. The van der Waals surface area contributed by atoms with Crippen molar-refractivity contribution < 1.29 is 4.42 Å². The van der Waals surface area contributed by atoms with Crippen LogP contribution in [0.25, 0.3) is 0 Å². The smallest absolute Gasteiger partial charge is 0.226 e. The molecule has 0 aliphatic heterocycles. The van der Waals surface area contributed by atoms with E-state index in [2.05, 4.69) is 37.8 Å². The van der Waals surface area contributed by atoms with E-state index in [1.165, 1.54) is 28.7 Å². The van der Waals surface area contributed by atoms with Crippen molar-refractivity contribution in [3.63, 3.8) is 0 Å². The summed E-state index contributed by atoms with van der Waals surface area (Å²) in [5.74, 6) is 1.79. The second kappa shape index (κ2) is 6.68. The lowest BCUT2D eigenvalue weighted by Crippen LogP contribution is -1.98. The summed E-state index contributed by atoms with van der Waals surface area (Å²) in [6.07, 6.45) is 0. The second-order valence-electron chi connectivity index (χ2n) is 4.22. The molecule has 3 rings (SSSR count). The van der Waals surface area contributed by atoms with E-state index >= 15 is 0 Å². The van der Waals surface area contributed by atoms with Crippen LogP contribution in [0.15, 0.2) is 39.1 Å². The van der Waals surface area contributed by atoms with Crippen molar-refractivity contribution in [2.75, 3.05) is 5.32 Å². The van der Waals surface area contributed by atoms with Crippen LogP contribution < -0.4 is 5.32 Å². The molecule has 8 heteroatoms. The zero-order chi connectivity index (χ0) is 14.5. The third kappa shape index (κ3) is 4.02. The van der Waals surface area contributed by atoms with Gasteiger partial charge < -0.3 is 9.73 Å². The Hall–Kier alpha value is -1.93. The molecule has 21 heavy (non-hydrogen) atoms. The molecule has 0 spiro atoms. The normalized spacial score (nSPS) is 10.7. The number of rotatable bonds is 6. The number of thioether (sulfide) groups is 1. The lowest BCUT2D eigenvalue weighted by Gasteiger charge is -2.00. The van der Waals surface area contributed by atoms with Gasteiger partial charge in [-0.3, -0.25) is 0 Å². The summed E-state index contributed by atoms with van der Waals surface area (Å²) in [7, 11) is 0. The van der Waals surface area contributed by atoms with Gasteiger partial charge >= 0.3 is 0 Å². The average molecular weight is 319 g/mol. The molecule has 0 bridgehead atoms. The quantitative estimate of drug-likeness (QED) is 0.699. The van der Waals surface area contributed by atoms with Crippen LogP contribution in [-0.2, 0) is 12.3 Å². The fourth-order valence-electron chi connectivity index (χ4n) is 1.63. The number of benzene rings is 1. The Kier molecular flexibility index (Phi) is 4.46. The molecule has 108 valence electrons. The second-order valence-corrected chi connectivity index (χ2v) is 6.42. The first-order chi connectivity index (χ1) is 10.3. The van der Waals surface area contributed by atoms with Gasteiger partial charge in [0.2, 0.25) is 16.9 Å². The van der Waals surface area contributed by atoms with Crippen molar-refractivity contribution in [1.82, 2.24) is 20.4 Å². The maximum absolute atomic E-state index is 5.32. The van der Waals surface area contributed by atoms with E-state index in [0.29, 0.717) is 17.5 Å². The van der Waals surface area contributed by atoms with Gasteiger partial charge in [-0.25, -0.2) is 0 Å². The predicted octanol–water partition coefficient (Wildman–Crippen LogP) is 3.13. The molecule has 0 aliphatic carbocycles. The Morgan fingerprint density at radius 1 is 1.14 bits per heavy atom. The highest BCUT2D eigenvalue weighted by Crippen LogP contribution is 2.28. The van der Waals surface area contributed by atoms with E-state index in [1.807, 2.05) is 18.2 Å². The molecule has 1 N–H and O–H groups in total. The first kappa shape index (κ1) is 14.0. The fourth-order valence-corrected chi connectivity index (χ4v) is 3.22. The summed E-state index contributed by atoms with van der Waals surface area (Å²) in [6.45, 7) is 2.51. The number of anilines is 1. The monoisotopic (exact) mass is 319 g/mol. The number of aryl methyl sites for hydroxylation is 1. The number of nitrogens with one attached hydrogen (secondary N) is 1. The summed E-state index contributed by atoms with van der Waals surface area (Å²) in [5, 5.41) is 20.1. The third-order valence-electron chi connectivity index (χ3n) is 2.58. The van der Waals surface area contributed by atoms with Gasteiger partial charge in [0.05, 0.1) is 5.75 Å². The molecule has 1 aromatic carbocycles. The Labute approximate surface area is 130 Å². The molecule has 3 aromatic rings. The molecule has 2 heterocycles. The maximum atomic E-state index is 5.32. The molecular formula is C13H13N5OS2. The Bertz CT molecular complexity index is 697. The Balaban J connectivity index is 1.51. The molecule has 0 fully saturated rings. The topological polar surface area (TPSA) is 76.7 Å². The summed E-state index contributed by atoms with van der Waals surface area (Å²) in [4.78, 5) is 0. The van der Waals surface area contributed by atoms with Gasteiger partial charge in [-0.15, -0.1) is 20.4 Å². The van der Waals surface area contributed by atoms with Crippen LogP contribution in [-0.4, -0.2) is 20.4 Å². The van der Waals surface area contributed by atoms with E-state index in [0.717, 1.165) is 16.0 Å². The van der Waals surface area contributed by atoms with Crippen LogP contribution in [0.4, 0.5) is 5.13 Å². The van der Waals surface area contributed by atoms with Crippen LogP contribution in [0.3, 0.4) is 0 Å². The highest BCUT2D eigenvalue weighted by atomic mass is 32.2. The van der Waals surface area contributed by atoms with Crippen LogP contribution in [0.5, 0.6) is 0 Å². The average Bonchev–Trinajstić information content (AvgIpc) is 3.13. The highest BCUT2D eigenvalue weighted by Gasteiger charge is 2.08. The van der Waals surface area contributed by atoms with Crippen LogP contribution in [0.2, 0.25) is 0 Å². The minimum Gasteiger partial charge on any atom is -0.425 e. The summed E-state index contributed by atoms with van der Waals surface area (Å²) < 4.78 is 6.19. The Morgan fingerprint density at radius 2 is 2.00 bits per heavy atom. The molecule has 2 aromatic heterocycles. The van der Waals surface area contributed by atoms with Crippen molar-refractivity contribution in [1.29, 1.82) is 0 Å². The number of hydrogen-bond donors (Lipinski definition) is 1. The van der Waals surface area contributed by atoms with Crippen LogP contribution >= 0.6 is 23.1 Å². The zero-order valence-electron chi connectivity index (χ0n) is 11.3. The van der Waals surface area contributed by atoms with Crippen molar-refractivity contribution in [3.8, 4) is 0 Å². The largest absolute Gasteiger partial charge is 0.425 e. The highest BCUT2D eigenvalue weighted by molar-refractivity contribution is 8.00. The molecule has 0 saturated carbocycles. The fraction of sp³-hybridized carbons (Fsp3) is 0.231. The van der Waals surface area contributed by atoms with Gasteiger partial charge in [0.15, 0.2) is 4.34 Å². The molecule has 0 saturated heterocycles. The molecule has 0 radical (unpaired) electrons. The van der Waals surface area contributed by atoms with Crippen molar-refractivity contribution in [2.24, 2.45) is 0 Å². The minimum absolute atomic E-state index is 0.577. The van der Waals surface area contributed by atoms with E-state index in [1.54, 1.807) is 6.92 Å². The maximum Gasteiger partial charge on any atom is 0.226 e. The first-order valence-electron chi connectivity index (χ1n) is 6.33. The summed E-state index contributed by atoms with van der Waals surface area (Å²) in [6, 6.07) is 10.2. The van der Waals surface area contributed by atoms with Gasteiger partial charge in [0.1, 0.15) is 0 Å². The van der Waals surface area contributed by atoms with Gasteiger partial charge in [0.25, 0.3) is 0 Å². The summed E-state index contributed by atoms with van der Waals surface area (Å²) >= 11 is 3.06. The number of hydrogen-bond acceptors (Lipinski definition) is 8. The van der Waals surface area contributed by atoms with Crippen LogP contribution in [0.1, 0.15) is 17.3 Å². The number of aromatic nitrogens is 4. The lowest BCUT2D eigenvalue weighted by molar-refractivity contribution is 0.485. The molecule has 0 aliphatic rings. The van der Waals surface area contributed by atoms with Crippen molar-refractivity contribution in [2.45, 2.75) is 23.6 Å². The van der Waals surface area contributed by atoms with E-state index in [4.69, 9.17) is 4.42 Å². The first-order valence-corrected chi connectivity index (χ1v) is 8.13. The van der Waals surface area contributed by atoms with E-state index in [-0.39, 0.29) is 0 Å². The SMILES string of the molecule is Cc1nnc(CSc2nnc(NCc3ccccc3)s2)o1. The Morgan fingerprint density at radius 3 is 2.76 bits per heavy atom.